The van der Waals surface area contributed by atoms with Gasteiger partial charge in [-0.15, -0.1) is 0 Å². The first-order valence-electron chi connectivity index (χ1n) is 10.3. The van der Waals surface area contributed by atoms with E-state index in [0.717, 1.165) is 12.0 Å². The van der Waals surface area contributed by atoms with Gasteiger partial charge in [0, 0.05) is 5.56 Å². The number of nitrogens with zero attached hydrogens (tertiary/aromatic N) is 3. The van der Waals surface area contributed by atoms with Gasteiger partial charge < -0.3 is 5.32 Å². The van der Waals surface area contributed by atoms with Crippen molar-refractivity contribution in [1.82, 2.24) is 4.90 Å². The topological polar surface area (TPSA) is 74.1 Å². The van der Waals surface area contributed by atoms with Crippen LogP contribution in [-0.2, 0) is 9.59 Å². The van der Waals surface area contributed by atoms with Crippen LogP contribution in [0.5, 0.6) is 0 Å². The summed E-state index contributed by atoms with van der Waals surface area (Å²) in [5.41, 5.74) is 1.65. The number of rotatable bonds is 6. The summed E-state index contributed by atoms with van der Waals surface area (Å²) < 4.78 is 14.0. The fourth-order valence-electron chi connectivity index (χ4n) is 3.57. The van der Waals surface area contributed by atoms with Crippen LogP contribution in [0.2, 0.25) is 0 Å². The van der Waals surface area contributed by atoms with Crippen molar-refractivity contribution in [2.24, 2.45) is 9.98 Å². The Morgan fingerprint density at radius 3 is 2.68 bits per heavy atom. The Morgan fingerprint density at radius 1 is 1.19 bits per heavy atom. The molecule has 0 saturated carbocycles. The van der Waals surface area contributed by atoms with Crippen LogP contribution >= 0.6 is 11.8 Å². The summed E-state index contributed by atoms with van der Waals surface area (Å²) in [7, 11) is 0. The van der Waals surface area contributed by atoms with Gasteiger partial charge in [0.2, 0.25) is 5.91 Å². The van der Waals surface area contributed by atoms with Gasteiger partial charge in [-0.1, -0.05) is 56.3 Å². The maximum absolute atomic E-state index is 14.0. The Bertz CT molecular complexity index is 1080. The van der Waals surface area contributed by atoms with E-state index >= 15 is 0 Å². The van der Waals surface area contributed by atoms with Crippen molar-refractivity contribution in [3.63, 3.8) is 0 Å². The molecule has 2 aromatic rings. The van der Waals surface area contributed by atoms with Crippen LogP contribution < -0.4 is 5.32 Å². The van der Waals surface area contributed by atoms with E-state index < -0.39 is 17.1 Å². The van der Waals surface area contributed by atoms with Gasteiger partial charge in [0.25, 0.3) is 5.91 Å². The fourth-order valence-corrected chi connectivity index (χ4v) is 4.59. The molecular formula is C23H23FN4O2S. The average molecular weight is 439 g/mol. The number of hydrogen-bond acceptors (Lipinski definition) is 5. The van der Waals surface area contributed by atoms with E-state index in [1.807, 2.05) is 38.1 Å². The van der Waals surface area contributed by atoms with Crippen molar-refractivity contribution < 1.29 is 14.0 Å². The zero-order valence-corrected chi connectivity index (χ0v) is 18.2. The molecule has 2 aliphatic rings. The number of anilines is 1. The van der Waals surface area contributed by atoms with E-state index in [0.29, 0.717) is 29.5 Å². The number of thioether (sulfide) groups is 1. The second kappa shape index (κ2) is 9.01. The summed E-state index contributed by atoms with van der Waals surface area (Å²) in [4.78, 5) is 36.9. The Morgan fingerprint density at radius 2 is 1.94 bits per heavy atom. The van der Waals surface area contributed by atoms with Gasteiger partial charge in [-0.25, -0.2) is 14.3 Å². The Labute approximate surface area is 184 Å². The predicted molar refractivity (Wildman–Crippen MR) is 122 cm³/mol. The van der Waals surface area contributed by atoms with E-state index in [1.165, 1.54) is 28.8 Å². The Balaban J connectivity index is 1.62. The number of para-hydroxylation sites is 2. The number of nitrogens with one attached hydrogen (secondary N) is 1. The van der Waals surface area contributed by atoms with Crippen molar-refractivity contribution in [1.29, 1.82) is 0 Å². The quantitative estimate of drug-likeness (QED) is 0.708. The highest BCUT2D eigenvalue weighted by atomic mass is 32.2. The van der Waals surface area contributed by atoms with Crippen molar-refractivity contribution in [3.8, 4) is 0 Å². The molecular weight excluding hydrogens is 415 g/mol. The maximum Gasteiger partial charge on any atom is 0.259 e. The summed E-state index contributed by atoms with van der Waals surface area (Å²) in [6.45, 7) is 3.89. The number of aliphatic imine (C=N–C) groups is 2. The van der Waals surface area contributed by atoms with Crippen LogP contribution in [0, 0.1) is 5.82 Å². The molecule has 8 heteroatoms. The van der Waals surface area contributed by atoms with Gasteiger partial charge in [-0.2, -0.15) is 0 Å². The van der Waals surface area contributed by atoms with Crippen molar-refractivity contribution in [3.05, 3.63) is 59.9 Å². The molecule has 0 bridgehead atoms. The molecule has 4 rings (SSSR count). The third kappa shape index (κ3) is 4.12. The second-order valence-corrected chi connectivity index (χ2v) is 8.50. The van der Waals surface area contributed by atoms with Crippen LogP contribution in [-0.4, -0.2) is 39.0 Å². The molecule has 2 unspecified atom stereocenters. The van der Waals surface area contributed by atoms with Crippen LogP contribution in [0.25, 0.3) is 0 Å². The molecule has 0 saturated heterocycles. The molecule has 160 valence electrons. The number of hydrogen-bond donors (Lipinski definition) is 1. The lowest BCUT2D eigenvalue weighted by atomic mass is 10.1. The minimum absolute atomic E-state index is 0.123. The van der Waals surface area contributed by atoms with Crippen LogP contribution in [0.3, 0.4) is 0 Å². The molecule has 2 amide bonds. The van der Waals surface area contributed by atoms with E-state index in [9.17, 15) is 14.0 Å². The second-order valence-electron chi connectivity index (χ2n) is 7.33. The standard InChI is InChI=1S/C23H23FN4O2S/c1-3-9-18-22(30)28-20(25-18)14-10-5-7-12-16(14)27-23(28)31-19(4-2)21(29)26-17-13-8-6-11-15(17)24/h5-8,10-13,18-19H,3-4,9H2,1-2H3,(H,26,29). The summed E-state index contributed by atoms with van der Waals surface area (Å²) in [5.74, 6) is -0.372. The van der Waals surface area contributed by atoms with Gasteiger partial charge in [-0.3, -0.25) is 14.6 Å². The molecule has 0 fully saturated rings. The maximum atomic E-state index is 14.0. The molecule has 2 atom stereocenters. The number of amidine groups is 2. The van der Waals surface area contributed by atoms with Gasteiger partial charge in [0.05, 0.1) is 16.6 Å². The summed E-state index contributed by atoms with van der Waals surface area (Å²) in [6.07, 6.45) is 1.98. The molecule has 0 aromatic heterocycles. The SMILES string of the molecule is CCCC1N=C2c3ccccc3N=C(SC(CC)C(=O)Nc3ccccc3F)N2C1=O. The lowest BCUT2D eigenvalue weighted by molar-refractivity contribution is -0.124. The number of benzene rings is 2. The average Bonchev–Trinajstić information content (AvgIpc) is 3.10. The first kappa shape index (κ1) is 21.2. The molecule has 1 N–H and O–H groups in total. The molecule has 31 heavy (non-hydrogen) atoms. The number of carbonyl (C=O) groups excluding carboxylic acids is 2. The lowest BCUT2D eigenvalue weighted by Gasteiger charge is -2.27. The minimum atomic E-state index is -0.553. The molecule has 0 radical (unpaired) electrons. The molecule has 0 aliphatic carbocycles. The van der Waals surface area contributed by atoms with Crippen LogP contribution in [0.4, 0.5) is 15.8 Å². The summed E-state index contributed by atoms with van der Waals surface area (Å²) >= 11 is 1.20. The van der Waals surface area contributed by atoms with Crippen LogP contribution in [0.15, 0.2) is 58.5 Å². The molecule has 2 heterocycles. The lowest BCUT2D eigenvalue weighted by Crippen LogP contribution is -2.42. The number of carbonyl (C=O) groups is 2. The molecule has 0 spiro atoms. The fraction of sp³-hybridized carbons (Fsp3) is 0.304. The number of amides is 2. The monoisotopic (exact) mass is 438 g/mol. The van der Waals surface area contributed by atoms with Crippen molar-refractivity contribution in [2.45, 2.75) is 44.4 Å². The minimum Gasteiger partial charge on any atom is -0.323 e. The molecule has 2 aliphatic heterocycles. The van der Waals surface area contributed by atoms with E-state index in [-0.39, 0.29) is 17.5 Å². The highest BCUT2D eigenvalue weighted by molar-refractivity contribution is 8.15. The molecule has 2 aromatic carbocycles. The van der Waals surface area contributed by atoms with E-state index in [1.54, 1.807) is 12.1 Å². The van der Waals surface area contributed by atoms with Crippen LogP contribution in [0.1, 0.15) is 38.7 Å². The summed E-state index contributed by atoms with van der Waals surface area (Å²) in [5, 5.41) is 2.52. The van der Waals surface area contributed by atoms with Crippen molar-refractivity contribution in [2.75, 3.05) is 5.32 Å². The van der Waals surface area contributed by atoms with Gasteiger partial charge in [-0.05, 0) is 37.1 Å². The van der Waals surface area contributed by atoms with Gasteiger partial charge in [0.15, 0.2) is 5.17 Å². The highest BCUT2D eigenvalue weighted by Crippen LogP contribution is 2.36. The zero-order valence-electron chi connectivity index (χ0n) is 17.3. The third-order valence-corrected chi connectivity index (χ3v) is 6.47. The smallest absolute Gasteiger partial charge is 0.259 e. The molecule has 6 nitrogen and oxygen atoms in total. The highest BCUT2D eigenvalue weighted by Gasteiger charge is 2.42. The van der Waals surface area contributed by atoms with E-state index in [2.05, 4.69) is 15.3 Å². The predicted octanol–water partition coefficient (Wildman–Crippen LogP) is 4.73. The normalized spacial score (nSPS) is 18.1. The first-order chi connectivity index (χ1) is 15.0. The Hall–Kier alpha value is -3.00. The Kier molecular flexibility index (Phi) is 6.18. The number of fused-ring (bicyclic) bond motifs is 3. The first-order valence-corrected chi connectivity index (χ1v) is 11.2. The van der Waals surface area contributed by atoms with Gasteiger partial charge in [0.1, 0.15) is 17.7 Å². The third-order valence-electron chi connectivity index (χ3n) is 5.15. The largest absolute Gasteiger partial charge is 0.323 e. The van der Waals surface area contributed by atoms with Gasteiger partial charge >= 0.3 is 0 Å². The van der Waals surface area contributed by atoms with Crippen molar-refractivity contribution >= 4 is 46.0 Å². The zero-order chi connectivity index (χ0) is 22.0. The number of halogens is 1. The summed E-state index contributed by atoms with van der Waals surface area (Å²) in [6, 6.07) is 13.1. The van der Waals surface area contributed by atoms with E-state index in [4.69, 9.17) is 0 Å².